The summed E-state index contributed by atoms with van der Waals surface area (Å²) in [7, 11) is 0. The molecule has 204 valence electrons. The summed E-state index contributed by atoms with van der Waals surface area (Å²) in [6, 6.07) is 17.4. The first-order chi connectivity index (χ1) is 19.5. The Labute approximate surface area is 246 Å². The van der Waals surface area contributed by atoms with Crippen LogP contribution in [0.25, 0.3) is 47.9 Å². The van der Waals surface area contributed by atoms with Crippen LogP contribution in [-0.2, 0) is 0 Å². The van der Waals surface area contributed by atoms with Crippen LogP contribution >= 0.6 is 34.4 Å². The average Bonchev–Trinajstić information content (AvgIpc) is 3.72. The largest absolute Gasteiger partial charge is 0.207 e. The van der Waals surface area contributed by atoms with E-state index in [1.54, 1.807) is 35.6 Å². The van der Waals surface area contributed by atoms with E-state index in [0.29, 0.717) is 11.1 Å². The number of aromatic nitrogens is 2. The minimum atomic E-state index is -0.217. The molecule has 0 bridgehead atoms. The fourth-order valence-electron chi connectivity index (χ4n) is 4.65. The molecule has 5 rings (SSSR count). The van der Waals surface area contributed by atoms with Gasteiger partial charge in [-0.25, -0.2) is 8.78 Å². The molecule has 0 fully saturated rings. The van der Waals surface area contributed by atoms with Crippen molar-refractivity contribution < 1.29 is 8.78 Å². The van der Waals surface area contributed by atoms with E-state index in [1.165, 1.54) is 29.5 Å². The number of halogens is 2. The second-order valence-corrected chi connectivity index (χ2v) is 12.3. The molecule has 0 radical (unpaired) electrons. The summed E-state index contributed by atoms with van der Waals surface area (Å²) in [4.78, 5) is 3.73. The minimum absolute atomic E-state index is 0.209. The fourth-order valence-corrected chi connectivity index (χ4v) is 7.34. The summed E-state index contributed by atoms with van der Waals surface area (Å²) in [6.07, 6.45) is 10.2. The van der Waals surface area contributed by atoms with E-state index in [4.69, 9.17) is 0 Å². The molecule has 7 heteroatoms. The summed E-state index contributed by atoms with van der Waals surface area (Å²) in [5.41, 5.74) is 5.62. The predicted molar refractivity (Wildman–Crippen MR) is 170 cm³/mol. The first-order valence-corrected chi connectivity index (χ1v) is 15.8. The molecule has 5 aromatic rings. The van der Waals surface area contributed by atoms with E-state index in [2.05, 4.69) is 34.4 Å². The summed E-state index contributed by atoms with van der Waals surface area (Å²) in [5, 5.41) is 0. The second-order valence-electron chi connectivity index (χ2n) is 9.65. The van der Waals surface area contributed by atoms with Crippen molar-refractivity contribution in [2.75, 3.05) is 0 Å². The lowest BCUT2D eigenvalue weighted by molar-refractivity contribution is 0.630. The van der Waals surface area contributed by atoms with E-state index >= 15 is 4.39 Å². The first kappa shape index (κ1) is 28.3. The van der Waals surface area contributed by atoms with Crippen molar-refractivity contribution in [1.82, 2.24) is 8.75 Å². The summed E-state index contributed by atoms with van der Waals surface area (Å²) in [6.45, 7) is 7.85. The number of hydrogen-bond donors (Lipinski definition) is 0. The number of benzene rings is 2. The number of unbranched alkanes of at least 4 members (excludes halogenated alkanes) is 4. The molecular formula is C33H30F2N2S3. The zero-order valence-electron chi connectivity index (χ0n) is 22.5. The van der Waals surface area contributed by atoms with Gasteiger partial charge in [-0.2, -0.15) is 8.75 Å². The maximum Gasteiger partial charge on any atom is 0.132 e. The number of nitrogens with zero attached hydrogens (tertiary/aromatic N) is 2. The molecule has 0 spiro atoms. The Balaban J connectivity index is 1.44. The standard InChI is InChI=1S/C33H30F2N2S3/c1-4-6-7-8-9-11-26(34)22(10-5-2)28-16-18-30(38-28)24-14-15-25(33-32(24)36-40-37-33)31-19-17-29(39-31)23-13-12-21(3)20-27(23)35/h5,10-20H,2,4,6-9H2,1,3H3/b22-10+,26-11+. The highest BCUT2D eigenvalue weighted by Crippen LogP contribution is 2.42. The van der Waals surface area contributed by atoms with Crippen LogP contribution in [0.5, 0.6) is 0 Å². The number of aryl methyl sites for hydroxylation is 1. The molecule has 0 saturated heterocycles. The van der Waals surface area contributed by atoms with E-state index < -0.39 is 0 Å². The smallest absolute Gasteiger partial charge is 0.132 e. The van der Waals surface area contributed by atoms with Gasteiger partial charge in [0.2, 0.25) is 0 Å². The van der Waals surface area contributed by atoms with Crippen LogP contribution in [0.3, 0.4) is 0 Å². The lowest BCUT2D eigenvalue weighted by Gasteiger charge is -2.05. The van der Waals surface area contributed by atoms with Crippen molar-refractivity contribution in [3.8, 4) is 31.3 Å². The zero-order valence-corrected chi connectivity index (χ0v) is 25.0. The normalized spacial score (nSPS) is 12.4. The van der Waals surface area contributed by atoms with Crippen LogP contribution in [0, 0.1) is 12.7 Å². The molecular weight excluding hydrogens is 559 g/mol. The highest BCUT2D eigenvalue weighted by molar-refractivity contribution is 7.19. The van der Waals surface area contributed by atoms with Crippen molar-refractivity contribution in [3.05, 3.63) is 101 Å². The number of rotatable bonds is 11. The molecule has 0 atom stereocenters. The zero-order chi connectivity index (χ0) is 28.1. The van der Waals surface area contributed by atoms with Crippen LogP contribution in [0.1, 0.15) is 49.5 Å². The fraction of sp³-hybridized carbons (Fsp3) is 0.212. The third-order valence-corrected chi connectivity index (χ3v) is 9.57. The predicted octanol–water partition coefficient (Wildman–Crippen LogP) is 11.7. The van der Waals surface area contributed by atoms with Gasteiger partial charge in [0.15, 0.2) is 0 Å². The molecule has 2 nitrogen and oxygen atoms in total. The molecule has 0 saturated carbocycles. The number of thiophene rings is 2. The third kappa shape index (κ3) is 6.07. The van der Waals surface area contributed by atoms with Crippen molar-refractivity contribution in [2.45, 2.75) is 46.0 Å². The van der Waals surface area contributed by atoms with Gasteiger partial charge in [0, 0.05) is 41.8 Å². The number of fused-ring (bicyclic) bond motifs is 1. The molecule has 40 heavy (non-hydrogen) atoms. The van der Waals surface area contributed by atoms with E-state index in [0.717, 1.165) is 72.9 Å². The molecule has 2 aromatic carbocycles. The van der Waals surface area contributed by atoms with Crippen molar-refractivity contribution in [1.29, 1.82) is 0 Å². The lowest BCUT2D eigenvalue weighted by Crippen LogP contribution is -1.83. The molecule has 0 amide bonds. The van der Waals surface area contributed by atoms with Gasteiger partial charge in [0.25, 0.3) is 0 Å². The maximum atomic E-state index is 15.2. The maximum absolute atomic E-state index is 15.2. The number of hydrogen-bond acceptors (Lipinski definition) is 5. The molecule has 0 N–H and O–H groups in total. The highest BCUT2D eigenvalue weighted by atomic mass is 32.1. The van der Waals surface area contributed by atoms with E-state index in [1.807, 2.05) is 43.3 Å². The van der Waals surface area contributed by atoms with Gasteiger partial charge in [-0.3, -0.25) is 0 Å². The minimum Gasteiger partial charge on any atom is -0.207 e. The van der Waals surface area contributed by atoms with Crippen molar-refractivity contribution >= 4 is 51.0 Å². The Morgan fingerprint density at radius 3 is 2.17 bits per heavy atom. The molecule has 0 unspecified atom stereocenters. The highest BCUT2D eigenvalue weighted by Gasteiger charge is 2.18. The third-order valence-electron chi connectivity index (χ3n) is 6.74. The lowest BCUT2D eigenvalue weighted by atomic mass is 10.1. The van der Waals surface area contributed by atoms with Gasteiger partial charge in [-0.15, -0.1) is 22.7 Å². The topological polar surface area (TPSA) is 25.8 Å². The first-order valence-electron chi connectivity index (χ1n) is 13.4. The molecule has 0 aliphatic carbocycles. The van der Waals surface area contributed by atoms with Gasteiger partial charge >= 0.3 is 0 Å². The SMILES string of the molecule is C=C/C=C(\C(F)=C/CCCCCC)c1ccc(-c2ccc(-c3ccc(-c4ccc(C)cc4F)s3)c3nsnc23)s1. The van der Waals surface area contributed by atoms with Gasteiger partial charge in [0.1, 0.15) is 22.7 Å². The number of allylic oxidation sites excluding steroid dienone is 5. The van der Waals surface area contributed by atoms with Gasteiger partial charge in [-0.1, -0.05) is 69.2 Å². The van der Waals surface area contributed by atoms with Gasteiger partial charge < -0.3 is 0 Å². The van der Waals surface area contributed by atoms with E-state index in [-0.39, 0.29) is 11.6 Å². The Morgan fingerprint density at radius 1 is 0.850 bits per heavy atom. The van der Waals surface area contributed by atoms with Crippen LogP contribution in [0.2, 0.25) is 0 Å². The summed E-state index contributed by atoms with van der Waals surface area (Å²) in [5.74, 6) is -0.426. The van der Waals surface area contributed by atoms with Gasteiger partial charge in [-0.05, 0) is 61.7 Å². The second kappa shape index (κ2) is 12.9. The molecule has 3 heterocycles. The Kier molecular flexibility index (Phi) is 9.15. The molecule has 0 aliphatic rings. The van der Waals surface area contributed by atoms with Crippen molar-refractivity contribution in [2.24, 2.45) is 0 Å². The van der Waals surface area contributed by atoms with Crippen LogP contribution in [-0.4, -0.2) is 8.75 Å². The summed E-state index contributed by atoms with van der Waals surface area (Å²) >= 11 is 4.25. The van der Waals surface area contributed by atoms with Crippen LogP contribution < -0.4 is 0 Å². The molecule has 0 aliphatic heterocycles. The Bertz CT molecular complexity index is 1700. The van der Waals surface area contributed by atoms with Gasteiger partial charge in [0.05, 0.1) is 11.7 Å². The quantitative estimate of drug-likeness (QED) is 0.113. The summed E-state index contributed by atoms with van der Waals surface area (Å²) < 4.78 is 39.0. The van der Waals surface area contributed by atoms with E-state index in [9.17, 15) is 4.39 Å². The monoisotopic (exact) mass is 588 g/mol. The van der Waals surface area contributed by atoms with Crippen LogP contribution in [0.15, 0.2) is 85.2 Å². The van der Waals surface area contributed by atoms with Crippen LogP contribution in [0.4, 0.5) is 8.78 Å². The Hall–Kier alpha value is -3.26. The van der Waals surface area contributed by atoms with Crippen molar-refractivity contribution in [3.63, 3.8) is 0 Å². The Morgan fingerprint density at radius 2 is 1.50 bits per heavy atom. The molecule has 3 aromatic heterocycles. The average molecular weight is 589 g/mol.